The molecule has 1 fully saturated rings. The van der Waals surface area contributed by atoms with Crippen molar-refractivity contribution in [2.24, 2.45) is 0 Å². The second kappa shape index (κ2) is 4.07. The molecule has 0 unspecified atom stereocenters. The molecule has 3 heterocycles. The molecule has 18 heavy (non-hydrogen) atoms. The van der Waals surface area contributed by atoms with Gasteiger partial charge in [0.15, 0.2) is 0 Å². The molecule has 5 heteroatoms. The van der Waals surface area contributed by atoms with Gasteiger partial charge in [0.1, 0.15) is 0 Å². The largest absolute Gasteiger partial charge is 0.505 e. The summed E-state index contributed by atoms with van der Waals surface area (Å²) in [5, 5.41) is 0. The highest BCUT2D eigenvalue weighted by Crippen LogP contribution is 2.37. The van der Waals surface area contributed by atoms with Crippen molar-refractivity contribution in [3.05, 3.63) is 16.5 Å². The van der Waals surface area contributed by atoms with Crippen LogP contribution in [0.1, 0.15) is 38.1 Å². The van der Waals surface area contributed by atoms with Crippen LogP contribution < -0.4 is 4.78 Å². The number of rotatable bonds is 1. The van der Waals surface area contributed by atoms with E-state index in [4.69, 9.17) is 14.0 Å². The summed E-state index contributed by atoms with van der Waals surface area (Å²) in [6.07, 6.45) is 1.01. The van der Waals surface area contributed by atoms with Gasteiger partial charge >= 0.3 is 7.12 Å². The van der Waals surface area contributed by atoms with E-state index >= 15 is 0 Å². The first-order valence-corrected chi connectivity index (χ1v) is 7.25. The van der Waals surface area contributed by atoms with Gasteiger partial charge in [-0.3, -0.25) is 0 Å². The summed E-state index contributed by atoms with van der Waals surface area (Å²) >= 11 is 1.76. The highest BCUT2D eigenvalue weighted by molar-refractivity contribution is 7.22. The zero-order valence-corrected chi connectivity index (χ0v) is 12.2. The van der Waals surface area contributed by atoms with Gasteiger partial charge in [-0.25, -0.2) is 0 Å². The Morgan fingerprint density at radius 1 is 1.17 bits per heavy atom. The zero-order valence-electron chi connectivity index (χ0n) is 11.4. The van der Waals surface area contributed by atoms with Gasteiger partial charge in [-0.05, 0) is 45.7 Å². The molecule has 0 radical (unpaired) electrons. The molecule has 0 saturated carbocycles. The summed E-state index contributed by atoms with van der Waals surface area (Å²) in [6.45, 7) is 9.91. The maximum atomic E-state index is 6.08. The molecule has 1 aromatic heterocycles. The predicted octanol–water partition coefficient (Wildman–Crippen LogP) is 2.12. The standard InChI is InChI=1S/C13H19BO3S/c1-12(2)13(3,4)17-14(16-12)11-7-9-5-6-15-8-10(9)18-11/h7H,5-6,8H2,1-4H3. The van der Waals surface area contributed by atoms with Crippen molar-refractivity contribution in [3.63, 3.8) is 0 Å². The lowest BCUT2D eigenvalue weighted by molar-refractivity contribution is 0.00578. The highest BCUT2D eigenvalue weighted by atomic mass is 32.1. The molecule has 0 aromatic carbocycles. The highest BCUT2D eigenvalue weighted by Gasteiger charge is 2.52. The lowest BCUT2D eigenvalue weighted by Crippen LogP contribution is -2.41. The Morgan fingerprint density at radius 3 is 2.44 bits per heavy atom. The van der Waals surface area contributed by atoms with Gasteiger partial charge in [0.25, 0.3) is 0 Å². The van der Waals surface area contributed by atoms with Crippen molar-refractivity contribution in [2.75, 3.05) is 6.61 Å². The normalized spacial score (nSPS) is 25.2. The van der Waals surface area contributed by atoms with Crippen LogP contribution in [-0.2, 0) is 27.1 Å². The Hall–Kier alpha value is -0.355. The van der Waals surface area contributed by atoms with Crippen molar-refractivity contribution in [2.45, 2.75) is 51.9 Å². The first-order valence-electron chi connectivity index (χ1n) is 6.44. The number of fused-ring (bicyclic) bond motifs is 1. The molecular formula is C13H19BO3S. The summed E-state index contributed by atoms with van der Waals surface area (Å²) in [4.78, 5) is 1.32. The summed E-state index contributed by atoms with van der Waals surface area (Å²) < 4.78 is 18.8. The minimum Gasteiger partial charge on any atom is -0.399 e. The molecule has 0 N–H and O–H groups in total. The second-order valence-corrected chi connectivity index (χ2v) is 7.16. The van der Waals surface area contributed by atoms with Crippen molar-refractivity contribution >= 4 is 23.2 Å². The Kier molecular flexibility index (Phi) is 2.86. The van der Waals surface area contributed by atoms with Crippen LogP contribution in [-0.4, -0.2) is 24.9 Å². The maximum absolute atomic E-state index is 6.08. The van der Waals surface area contributed by atoms with E-state index in [1.165, 1.54) is 15.2 Å². The molecule has 0 spiro atoms. The van der Waals surface area contributed by atoms with E-state index in [0.29, 0.717) is 0 Å². The predicted molar refractivity (Wildman–Crippen MR) is 73.4 cm³/mol. The number of ether oxygens (including phenoxy) is 1. The number of hydrogen-bond donors (Lipinski definition) is 0. The van der Waals surface area contributed by atoms with Gasteiger partial charge in [0.2, 0.25) is 0 Å². The molecule has 0 bridgehead atoms. The van der Waals surface area contributed by atoms with E-state index in [1.807, 2.05) is 0 Å². The van der Waals surface area contributed by atoms with Crippen LogP contribution in [0.4, 0.5) is 0 Å². The van der Waals surface area contributed by atoms with E-state index in [-0.39, 0.29) is 18.3 Å². The third kappa shape index (κ3) is 1.93. The van der Waals surface area contributed by atoms with Gasteiger partial charge in [-0.2, -0.15) is 0 Å². The van der Waals surface area contributed by atoms with Gasteiger partial charge < -0.3 is 14.0 Å². The van der Waals surface area contributed by atoms with Gasteiger partial charge in [-0.1, -0.05) is 0 Å². The van der Waals surface area contributed by atoms with Crippen LogP contribution >= 0.6 is 11.3 Å². The van der Waals surface area contributed by atoms with E-state index in [9.17, 15) is 0 Å². The van der Waals surface area contributed by atoms with Crippen molar-refractivity contribution in [3.8, 4) is 0 Å². The monoisotopic (exact) mass is 266 g/mol. The van der Waals surface area contributed by atoms with Crippen LogP contribution in [0, 0.1) is 0 Å². The molecule has 3 rings (SSSR count). The summed E-state index contributed by atoms with van der Waals surface area (Å²) in [5.74, 6) is 0. The molecule has 0 aliphatic carbocycles. The lowest BCUT2D eigenvalue weighted by atomic mass is 9.87. The van der Waals surface area contributed by atoms with Crippen LogP contribution in [0.3, 0.4) is 0 Å². The topological polar surface area (TPSA) is 27.7 Å². The fourth-order valence-electron chi connectivity index (χ4n) is 2.25. The van der Waals surface area contributed by atoms with Crippen LogP contribution in [0.5, 0.6) is 0 Å². The minimum absolute atomic E-state index is 0.231. The van der Waals surface area contributed by atoms with Gasteiger partial charge in [0.05, 0.1) is 24.4 Å². The van der Waals surface area contributed by atoms with Crippen molar-refractivity contribution in [1.82, 2.24) is 0 Å². The first-order chi connectivity index (χ1) is 8.39. The molecule has 1 aromatic rings. The fourth-order valence-corrected chi connectivity index (χ4v) is 3.36. The van der Waals surface area contributed by atoms with E-state index in [1.54, 1.807) is 11.3 Å². The molecule has 3 nitrogen and oxygen atoms in total. The Bertz CT molecular complexity index is 427. The van der Waals surface area contributed by atoms with Crippen LogP contribution in [0.25, 0.3) is 0 Å². The molecule has 98 valence electrons. The van der Waals surface area contributed by atoms with Crippen LogP contribution in [0.2, 0.25) is 0 Å². The number of thiophene rings is 1. The Balaban J connectivity index is 1.87. The Labute approximate surface area is 113 Å². The van der Waals surface area contributed by atoms with Gasteiger partial charge in [0, 0.05) is 9.65 Å². The Morgan fingerprint density at radius 2 is 1.83 bits per heavy atom. The zero-order chi connectivity index (χ0) is 13.0. The van der Waals surface area contributed by atoms with Gasteiger partial charge in [-0.15, -0.1) is 11.3 Å². The van der Waals surface area contributed by atoms with Crippen molar-refractivity contribution < 1.29 is 14.0 Å². The van der Waals surface area contributed by atoms with E-state index in [0.717, 1.165) is 19.6 Å². The summed E-state index contributed by atoms with van der Waals surface area (Å²) in [7, 11) is -0.231. The van der Waals surface area contributed by atoms with Crippen LogP contribution in [0.15, 0.2) is 6.07 Å². The molecule has 1 saturated heterocycles. The second-order valence-electron chi connectivity index (χ2n) is 5.99. The average molecular weight is 266 g/mol. The third-order valence-corrected chi connectivity index (χ3v) is 5.32. The molecule has 0 amide bonds. The van der Waals surface area contributed by atoms with Crippen molar-refractivity contribution in [1.29, 1.82) is 0 Å². The molecule has 2 aliphatic heterocycles. The minimum atomic E-state index is -0.265. The maximum Gasteiger partial charge on any atom is 0.505 e. The smallest absolute Gasteiger partial charge is 0.399 e. The fraction of sp³-hybridized carbons (Fsp3) is 0.692. The molecular weight excluding hydrogens is 247 g/mol. The molecule has 0 atom stereocenters. The lowest BCUT2D eigenvalue weighted by Gasteiger charge is -2.32. The first kappa shape index (κ1) is 12.7. The third-order valence-electron chi connectivity index (χ3n) is 4.15. The summed E-state index contributed by atoms with van der Waals surface area (Å²) in [5.41, 5.74) is 0.869. The molecule has 2 aliphatic rings. The van der Waals surface area contributed by atoms with E-state index in [2.05, 4.69) is 33.8 Å². The van der Waals surface area contributed by atoms with E-state index < -0.39 is 0 Å². The quantitative estimate of drug-likeness (QED) is 0.729. The average Bonchev–Trinajstić information content (AvgIpc) is 2.78. The summed E-state index contributed by atoms with van der Waals surface area (Å²) in [6, 6.07) is 2.23. The number of hydrogen-bond acceptors (Lipinski definition) is 4. The SMILES string of the molecule is CC1(C)OB(c2cc3c(s2)COCC3)OC1(C)C.